The Bertz CT molecular complexity index is 1640. The molecule has 1 heterocycles. The molecule has 0 fully saturated rings. The summed E-state index contributed by atoms with van der Waals surface area (Å²) in [5, 5.41) is 2.80. The molecule has 0 radical (unpaired) electrons. The van der Waals surface area contributed by atoms with Gasteiger partial charge in [0, 0.05) is 23.9 Å². The van der Waals surface area contributed by atoms with Crippen LogP contribution in [0.1, 0.15) is 21.5 Å². The molecule has 0 saturated heterocycles. The van der Waals surface area contributed by atoms with E-state index >= 15 is 0 Å². The number of carbonyl (C=O) groups excluding carboxylic acids is 2. The Labute approximate surface area is 230 Å². The minimum absolute atomic E-state index is 0.164. The van der Waals surface area contributed by atoms with Crippen LogP contribution in [0.25, 0.3) is 16.9 Å². The number of amides is 2. The quantitative estimate of drug-likeness (QED) is 0.249. The van der Waals surface area contributed by atoms with Gasteiger partial charge in [0.15, 0.2) is 0 Å². The molecule has 0 aliphatic heterocycles. The number of benzene rings is 4. The lowest BCUT2D eigenvalue weighted by atomic mass is 10.1. The topological polar surface area (TPSA) is 67.2 Å². The smallest absolute Gasteiger partial charge is 0.254 e. The van der Waals surface area contributed by atoms with Gasteiger partial charge in [-0.15, -0.1) is 0 Å². The molecule has 0 atom stereocenters. The summed E-state index contributed by atoms with van der Waals surface area (Å²) in [5.41, 5.74) is 3.47. The summed E-state index contributed by atoms with van der Waals surface area (Å²) in [4.78, 5) is 32.7. The number of imidazole rings is 1. The molecule has 6 nitrogen and oxygen atoms in total. The second-order valence-corrected chi connectivity index (χ2v) is 9.32. The number of anilines is 1. The maximum atomic E-state index is 14.5. The van der Waals surface area contributed by atoms with E-state index in [0.29, 0.717) is 16.9 Å². The normalized spacial score (nSPS) is 10.8. The highest BCUT2D eigenvalue weighted by Crippen LogP contribution is 2.25. The van der Waals surface area contributed by atoms with Crippen molar-refractivity contribution in [2.24, 2.45) is 0 Å². The van der Waals surface area contributed by atoms with E-state index in [0.717, 1.165) is 11.1 Å². The van der Waals surface area contributed by atoms with Gasteiger partial charge in [0.1, 0.15) is 18.2 Å². The summed E-state index contributed by atoms with van der Waals surface area (Å²) >= 11 is 0. The average molecular weight is 537 g/mol. The molecule has 0 unspecified atom stereocenters. The first kappa shape index (κ1) is 26.5. The van der Waals surface area contributed by atoms with E-state index in [4.69, 9.17) is 0 Å². The van der Waals surface area contributed by atoms with Crippen LogP contribution in [0.5, 0.6) is 0 Å². The lowest BCUT2D eigenvalue weighted by Crippen LogP contribution is -2.38. The molecule has 1 aromatic heterocycles. The Balaban J connectivity index is 1.45. The van der Waals surface area contributed by atoms with Crippen LogP contribution in [0.15, 0.2) is 109 Å². The first-order valence-corrected chi connectivity index (χ1v) is 12.7. The maximum Gasteiger partial charge on any atom is 0.254 e. The van der Waals surface area contributed by atoms with E-state index in [-0.39, 0.29) is 30.4 Å². The van der Waals surface area contributed by atoms with Gasteiger partial charge in [-0.2, -0.15) is 0 Å². The minimum atomic E-state index is -0.495. The van der Waals surface area contributed by atoms with E-state index in [1.165, 1.54) is 35.2 Å². The van der Waals surface area contributed by atoms with Crippen LogP contribution in [-0.4, -0.2) is 32.8 Å². The number of nitrogens with zero attached hydrogens (tertiary/aromatic N) is 3. The Kier molecular flexibility index (Phi) is 7.77. The maximum absolute atomic E-state index is 14.5. The van der Waals surface area contributed by atoms with Crippen molar-refractivity contribution in [3.05, 3.63) is 138 Å². The first-order chi connectivity index (χ1) is 19.4. The van der Waals surface area contributed by atoms with Crippen molar-refractivity contribution in [1.82, 2.24) is 14.5 Å². The molecule has 40 heavy (non-hydrogen) atoms. The van der Waals surface area contributed by atoms with E-state index in [1.54, 1.807) is 29.8 Å². The molecule has 2 amide bonds. The number of aromatic nitrogens is 2. The number of carbonyl (C=O) groups is 2. The zero-order valence-electron chi connectivity index (χ0n) is 21.7. The third-order valence-electron chi connectivity index (χ3n) is 6.39. The first-order valence-electron chi connectivity index (χ1n) is 12.7. The van der Waals surface area contributed by atoms with Gasteiger partial charge in [-0.3, -0.25) is 19.5 Å². The van der Waals surface area contributed by atoms with Gasteiger partial charge < -0.3 is 4.90 Å². The highest BCUT2D eigenvalue weighted by atomic mass is 19.1. The second kappa shape index (κ2) is 11.7. The largest absolute Gasteiger partial charge is 0.325 e. The summed E-state index contributed by atoms with van der Waals surface area (Å²) in [6.07, 6.45) is 1.72. The number of hydrogen-bond acceptors (Lipinski definition) is 3. The fourth-order valence-corrected chi connectivity index (χ4v) is 4.26. The summed E-state index contributed by atoms with van der Waals surface area (Å²) in [6, 6.07) is 28.6. The van der Waals surface area contributed by atoms with Gasteiger partial charge in [-0.1, -0.05) is 66.7 Å². The monoisotopic (exact) mass is 536 g/mol. The van der Waals surface area contributed by atoms with Gasteiger partial charge in [0.2, 0.25) is 11.9 Å². The van der Waals surface area contributed by atoms with E-state index in [1.807, 2.05) is 60.7 Å². The van der Waals surface area contributed by atoms with Crippen LogP contribution in [0.2, 0.25) is 0 Å². The lowest BCUT2D eigenvalue weighted by Gasteiger charge is -2.22. The third kappa shape index (κ3) is 6.13. The van der Waals surface area contributed by atoms with Crippen LogP contribution < -0.4 is 5.32 Å². The average Bonchev–Trinajstić information content (AvgIpc) is 3.39. The predicted molar refractivity (Wildman–Crippen MR) is 150 cm³/mol. The second-order valence-electron chi connectivity index (χ2n) is 9.32. The highest BCUT2D eigenvalue weighted by molar-refractivity contribution is 5.99. The molecule has 5 aromatic rings. The lowest BCUT2D eigenvalue weighted by molar-refractivity contribution is -0.117. The Morgan fingerprint density at radius 3 is 2.23 bits per heavy atom. The van der Waals surface area contributed by atoms with Crippen molar-refractivity contribution in [3.63, 3.8) is 0 Å². The van der Waals surface area contributed by atoms with Gasteiger partial charge >= 0.3 is 0 Å². The van der Waals surface area contributed by atoms with Crippen molar-refractivity contribution in [3.8, 4) is 16.9 Å². The zero-order valence-corrected chi connectivity index (χ0v) is 21.7. The molecule has 0 saturated carbocycles. The molecule has 0 spiro atoms. The molecule has 4 aromatic carbocycles. The highest BCUT2D eigenvalue weighted by Gasteiger charge is 2.22. The Hall–Kier alpha value is -5.11. The van der Waals surface area contributed by atoms with Gasteiger partial charge in [-0.05, 0) is 54.4 Å². The fourth-order valence-electron chi connectivity index (χ4n) is 4.26. The SMILES string of the molecule is Cc1ccc(-n2cc(-c3ccccc3)nc2NC(=O)CN(Cc2ccccc2)C(=O)c2ccc(F)cc2)cc1F. The van der Waals surface area contributed by atoms with Gasteiger partial charge in [0.25, 0.3) is 5.91 Å². The van der Waals surface area contributed by atoms with E-state index in [2.05, 4.69) is 10.3 Å². The van der Waals surface area contributed by atoms with E-state index in [9.17, 15) is 18.4 Å². The molecule has 1 N–H and O–H groups in total. The van der Waals surface area contributed by atoms with Crippen molar-refractivity contribution < 1.29 is 18.4 Å². The summed E-state index contributed by atoms with van der Waals surface area (Å²) < 4.78 is 29.5. The molecule has 0 bridgehead atoms. The van der Waals surface area contributed by atoms with Crippen LogP contribution in [-0.2, 0) is 11.3 Å². The van der Waals surface area contributed by atoms with Crippen molar-refractivity contribution in [2.45, 2.75) is 13.5 Å². The van der Waals surface area contributed by atoms with Crippen LogP contribution in [0.4, 0.5) is 14.7 Å². The van der Waals surface area contributed by atoms with Gasteiger partial charge in [-0.25, -0.2) is 13.8 Å². The van der Waals surface area contributed by atoms with E-state index < -0.39 is 17.6 Å². The van der Waals surface area contributed by atoms with Crippen LogP contribution in [0, 0.1) is 18.6 Å². The minimum Gasteiger partial charge on any atom is -0.325 e. The zero-order chi connectivity index (χ0) is 28.1. The van der Waals surface area contributed by atoms with Crippen LogP contribution >= 0.6 is 0 Å². The molecule has 8 heteroatoms. The van der Waals surface area contributed by atoms with Crippen molar-refractivity contribution >= 4 is 17.8 Å². The molecular formula is C32H26F2N4O2. The molecule has 5 rings (SSSR count). The van der Waals surface area contributed by atoms with Crippen LogP contribution in [0.3, 0.4) is 0 Å². The fraction of sp³-hybridized carbons (Fsp3) is 0.0938. The predicted octanol–water partition coefficient (Wildman–Crippen LogP) is 6.41. The third-order valence-corrected chi connectivity index (χ3v) is 6.39. The standard InChI is InChI=1S/C32H26F2N4O2/c1-22-12-17-27(18-28(22)34)38-20-29(24-10-6-3-7-11-24)35-32(38)36-30(39)21-37(19-23-8-4-2-5-9-23)31(40)25-13-15-26(33)16-14-25/h2-18,20H,19,21H2,1H3,(H,35,36,39). The molecule has 0 aliphatic carbocycles. The van der Waals surface area contributed by atoms with Crippen molar-refractivity contribution in [1.29, 1.82) is 0 Å². The van der Waals surface area contributed by atoms with Gasteiger partial charge in [0.05, 0.1) is 11.4 Å². The summed E-state index contributed by atoms with van der Waals surface area (Å²) in [5.74, 6) is -1.58. The Morgan fingerprint density at radius 2 is 1.55 bits per heavy atom. The number of hydrogen-bond donors (Lipinski definition) is 1. The molecular weight excluding hydrogens is 510 g/mol. The number of halogens is 2. The summed E-state index contributed by atoms with van der Waals surface area (Å²) in [7, 11) is 0. The number of rotatable bonds is 8. The number of aryl methyl sites for hydroxylation is 1. The molecule has 0 aliphatic rings. The Morgan fingerprint density at radius 1 is 0.875 bits per heavy atom. The number of nitrogens with one attached hydrogen (secondary N) is 1. The van der Waals surface area contributed by atoms with Crippen molar-refractivity contribution in [2.75, 3.05) is 11.9 Å². The molecule has 200 valence electrons. The summed E-state index contributed by atoms with van der Waals surface area (Å²) in [6.45, 7) is 1.54.